The molecule has 104 valence electrons. The molecule has 0 aliphatic heterocycles. The summed E-state index contributed by atoms with van der Waals surface area (Å²) in [4.78, 5) is 12.6. The summed E-state index contributed by atoms with van der Waals surface area (Å²) in [5, 5.41) is 0. The van der Waals surface area contributed by atoms with E-state index in [0.717, 1.165) is 10.6 Å². The zero-order valence-electron chi connectivity index (χ0n) is 11.1. The van der Waals surface area contributed by atoms with Crippen LogP contribution in [0, 0.1) is 5.82 Å². The number of ether oxygens (including phenoxy) is 1. The number of Topliss-reactive ketones (excluding diaryl/α,β-unsaturated/α-hetero) is 1. The Morgan fingerprint density at radius 2 is 1.95 bits per heavy atom. The molecule has 20 heavy (non-hydrogen) atoms. The summed E-state index contributed by atoms with van der Waals surface area (Å²) >= 11 is 1.65. The number of thioether (sulfide) groups is 1. The SMILES string of the molecule is CC(=O)c1ccc(F)cc1OCCSc1ccccc1. The molecule has 0 saturated heterocycles. The predicted molar refractivity (Wildman–Crippen MR) is 79.1 cm³/mol. The molecule has 0 saturated carbocycles. The van der Waals surface area contributed by atoms with Gasteiger partial charge in [-0.3, -0.25) is 4.79 Å². The molecule has 0 bridgehead atoms. The largest absolute Gasteiger partial charge is 0.492 e. The van der Waals surface area contributed by atoms with E-state index >= 15 is 0 Å². The number of carbonyl (C=O) groups is 1. The topological polar surface area (TPSA) is 26.3 Å². The second-order valence-corrected chi connectivity index (χ2v) is 5.37. The molecule has 0 atom stereocenters. The summed E-state index contributed by atoms with van der Waals surface area (Å²) in [6, 6.07) is 13.9. The first-order chi connectivity index (χ1) is 9.66. The maximum absolute atomic E-state index is 13.2. The summed E-state index contributed by atoms with van der Waals surface area (Å²) in [6.45, 7) is 1.86. The van der Waals surface area contributed by atoms with Crippen molar-refractivity contribution in [3.05, 3.63) is 59.9 Å². The molecule has 0 aromatic heterocycles. The molecular formula is C16H15FO2S. The average molecular weight is 290 g/mol. The number of benzene rings is 2. The van der Waals surface area contributed by atoms with Crippen molar-refractivity contribution >= 4 is 17.5 Å². The van der Waals surface area contributed by atoms with Gasteiger partial charge in [0.2, 0.25) is 0 Å². The Bertz CT molecular complexity index is 584. The molecule has 2 rings (SSSR count). The van der Waals surface area contributed by atoms with Gasteiger partial charge in [0.05, 0.1) is 12.2 Å². The number of hydrogen-bond donors (Lipinski definition) is 0. The number of ketones is 1. The van der Waals surface area contributed by atoms with Crippen molar-refractivity contribution in [2.24, 2.45) is 0 Å². The van der Waals surface area contributed by atoms with Gasteiger partial charge < -0.3 is 4.74 Å². The van der Waals surface area contributed by atoms with Crippen LogP contribution in [0.2, 0.25) is 0 Å². The van der Waals surface area contributed by atoms with E-state index in [0.29, 0.717) is 17.9 Å². The Morgan fingerprint density at radius 3 is 2.65 bits per heavy atom. The maximum Gasteiger partial charge on any atom is 0.163 e. The van der Waals surface area contributed by atoms with Crippen LogP contribution in [-0.2, 0) is 0 Å². The normalized spacial score (nSPS) is 10.3. The van der Waals surface area contributed by atoms with E-state index in [2.05, 4.69) is 0 Å². The van der Waals surface area contributed by atoms with Crippen molar-refractivity contribution in [1.82, 2.24) is 0 Å². The van der Waals surface area contributed by atoms with E-state index in [-0.39, 0.29) is 5.78 Å². The smallest absolute Gasteiger partial charge is 0.163 e. The Kier molecular flexibility index (Phi) is 5.18. The predicted octanol–water partition coefficient (Wildman–Crippen LogP) is 4.20. The van der Waals surface area contributed by atoms with Gasteiger partial charge in [0, 0.05) is 16.7 Å². The minimum absolute atomic E-state index is 0.129. The standard InChI is InChI=1S/C16H15FO2S/c1-12(18)15-8-7-13(17)11-16(15)19-9-10-20-14-5-3-2-4-6-14/h2-8,11H,9-10H2,1H3. The lowest BCUT2D eigenvalue weighted by Crippen LogP contribution is -2.05. The molecule has 0 N–H and O–H groups in total. The van der Waals surface area contributed by atoms with Crippen LogP contribution in [0.3, 0.4) is 0 Å². The van der Waals surface area contributed by atoms with Gasteiger partial charge in [-0.25, -0.2) is 4.39 Å². The highest BCUT2D eigenvalue weighted by atomic mass is 32.2. The second kappa shape index (κ2) is 7.10. The first kappa shape index (κ1) is 14.6. The minimum Gasteiger partial charge on any atom is -0.492 e. The molecule has 0 amide bonds. The van der Waals surface area contributed by atoms with E-state index < -0.39 is 5.82 Å². The number of carbonyl (C=O) groups excluding carboxylic acids is 1. The van der Waals surface area contributed by atoms with Crippen molar-refractivity contribution in [2.75, 3.05) is 12.4 Å². The molecule has 0 unspecified atom stereocenters. The molecule has 2 aromatic carbocycles. The number of rotatable bonds is 6. The fraction of sp³-hybridized carbons (Fsp3) is 0.188. The average Bonchev–Trinajstić information content (AvgIpc) is 2.44. The number of halogens is 1. The van der Waals surface area contributed by atoms with Gasteiger partial charge in [-0.05, 0) is 31.2 Å². The molecule has 0 aliphatic rings. The van der Waals surface area contributed by atoms with E-state index in [4.69, 9.17) is 4.74 Å². The molecule has 0 fully saturated rings. The quantitative estimate of drug-likeness (QED) is 0.453. The summed E-state index contributed by atoms with van der Waals surface area (Å²) in [6.07, 6.45) is 0. The van der Waals surface area contributed by atoms with Gasteiger partial charge >= 0.3 is 0 Å². The minimum atomic E-state index is -0.402. The van der Waals surface area contributed by atoms with Crippen LogP contribution in [0.25, 0.3) is 0 Å². The first-order valence-electron chi connectivity index (χ1n) is 6.28. The Morgan fingerprint density at radius 1 is 1.20 bits per heavy atom. The zero-order valence-corrected chi connectivity index (χ0v) is 12.0. The van der Waals surface area contributed by atoms with Crippen LogP contribution in [0.4, 0.5) is 4.39 Å². The molecule has 0 radical (unpaired) electrons. The summed E-state index contributed by atoms with van der Waals surface area (Å²) in [5.74, 6) is 0.514. The van der Waals surface area contributed by atoms with E-state index in [9.17, 15) is 9.18 Å². The summed E-state index contributed by atoms with van der Waals surface area (Å²) < 4.78 is 18.7. The number of hydrogen-bond acceptors (Lipinski definition) is 3. The van der Waals surface area contributed by atoms with Crippen LogP contribution in [0.1, 0.15) is 17.3 Å². The van der Waals surface area contributed by atoms with Gasteiger partial charge in [0.25, 0.3) is 0 Å². The van der Waals surface area contributed by atoms with E-state index in [1.54, 1.807) is 11.8 Å². The lowest BCUT2D eigenvalue weighted by Gasteiger charge is -2.09. The monoisotopic (exact) mass is 290 g/mol. The van der Waals surface area contributed by atoms with Crippen molar-refractivity contribution in [1.29, 1.82) is 0 Å². The molecular weight excluding hydrogens is 275 g/mol. The highest BCUT2D eigenvalue weighted by Crippen LogP contribution is 2.22. The van der Waals surface area contributed by atoms with Crippen molar-refractivity contribution in [2.45, 2.75) is 11.8 Å². The summed E-state index contributed by atoms with van der Waals surface area (Å²) in [7, 11) is 0. The van der Waals surface area contributed by atoms with Crippen LogP contribution < -0.4 is 4.74 Å². The Hall–Kier alpha value is -1.81. The summed E-state index contributed by atoms with van der Waals surface area (Å²) in [5.41, 5.74) is 0.413. The van der Waals surface area contributed by atoms with Gasteiger partial charge in [-0.15, -0.1) is 11.8 Å². The molecule has 0 spiro atoms. The second-order valence-electron chi connectivity index (χ2n) is 4.21. The lowest BCUT2D eigenvalue weighted by molar-refractivity contribution is 0.101. The lowest BCUT2D eigenvalue weighted by atomic mass is 10.1. The third-order valence-corrected chi connectivity index (χ3v) is 3.65. The fourth-order valence-electron chi connectivity index (χ4n) is 1.73. The molecule has 2 aromatic rings. The highest BCUT2D eigenvalue weighted by Gasteiger charge is 2.09. The van der Waals surface area contributed by atoms with Gasteiger partial charge in [-0.1, -0.05) is 18.2 Å². The van der Waals surface area contributed by atoms with Crippen LogP contribution in [-0.4, -0.2) is 18.1 Å². The molecule has 0 aliphatic carbocycles. The third kappa shape index (κ3) is 4.10. The fourth-order valence-corrected chi connectivity index (χ4v) is 2.49. The van der Waals surface area contributed by atoms with Gasteiger partial charge in [0.1, 0.15) is 11.6 Å². The molecule has 2 nitrogen and oxygen atoms in total. The first-order valence-corrected chi connectivity index (χ1v) is 7.26. The Labute approximate surface area is 122 Å². The maximum atomic E-state index is 13.2. The van der Waals surface area contributed by atoms with E-state index in [1.807, 2.05) is 30.3 Å². The Balaban J connectivity index is 1.91. The van der Waals surface area contributed by atoms with Gasteiger partial charge in [0.15, 0.2) is 5.78 Å². The molecule has 0 heterocycles. The van der Waals surface area contributed by atoms with Crippen LogP contribution in [0.15, 0.2) is 53.4 Å². The van der Waals surface area contributed by atoms with Crippen LogP contribution >= 0.6 is 11.8 Å². The zero-order chi connectivity index (χ0) is 14.4. The van der Waals surface area contributed by atoms with E-state index in [1.165, 1.54) is 25.1 Å². The van der Waals surface area contributed by atoms with Gasteiger partial charge in [-0.2, -0.15) is 0 Å². The van der Waals surface area contributed by atoms with Crippen LogP contribution in [0.5, 0.6) is 5.75 Å². The molecule has 4 heteroatoms. The van der Waals surface area contributed by atoms with Crippen molar-refractivity contribution in [3.63, 3.8) is 0 Å². The third-order valence-electron chi connectivity index (χ3n) is 2.68. The van der Waals surface area contributed by atoms with Crippen molar-refractivity contribution in [3.8, 4) is 5.75 Å². The highest BCUT2D eigenvalue weighted by molar-refractivity contribution is 7.99. The van der Waals surface area contributed by atoms with Crippen molar-refractivity contribution < 1.29 is 13.9 Å².